The minimum atomic E-state index is -4.67. The highest BCUT2D eigenvalue weighted by Crippen LogP contribution is 2.31. The van der Waals surface area contributed by atoms with Crippen molar-refractivity contribution >= 4 is 21.6 Å². The van der Waals surface area contributed by atoms with Gasteiger partial charge in [-0.25, -0.2) is 8.42 Å². The van der Waals surface area contributed by atoms with Gasteiger partial charge in [0.05, 0.1) is 15.4 Å². The fraction of sp³-hybridized carbons (Fsp3) is 0.278. The molecule has 0 saturated carbocycles. The quantitative estimate of drug-likeness (QED) is 0.534. The van der Waals surface area contributed by atoms with E-state index in [4.69, 9.17) is 0 Å². The summed E-state index contributed by atoms with van der Waals surface area (Å²) in [5.74, 6) is -0.491. The van der Waals surface area contributed by atoms with Crippen LogP contribution in [-0.2, 0) is 16.2 Å². The van der Waals surface area contributed by atoms with E-state index in [1.165, 1.54) is 23.1 Å². The summed E-state index contributed by atoms with van der Waals surface area (Å²) in [4.78, 5) is 23.7. The number of hydrogen-bond donors (Lipinski definition) is 0. The van der Waals surface area contributed by atoms with Crippen LogP contribution in [0.4, 0.5) is 18.9 Å². The molecule has 3 rings (SSSR count). The number of nitro benzene ring substituents is 1. The first-order valence-corrected chi connectivity index (χ1v) is 10.2. The Bertz CT molecular complexity index is 1080. The van der Waals surface area contributed by atoms with E-state index in [1.54, 1.807) is 0 Å². The molecule has 0 radical (unpaired) electrons. The first kappa shape index (κ1) is 21.7. The van der Waals surface area contributed by atoms with Crippen molar-refractivity contribution in [1.29, 1.82) is 0 Å². The largest absolute Gasteiger partial charge is 0.416 e. The fourth-order valence-electron chi connectivity index (χ4n) is 3.05. The summed E-state index contributed by atoms with van der Waals surface area (Å²) >= 11 is 0. The summed E-state index contributed by atoms with van der Waals surface area (Å²) in [7, 11) is -4.17. The molecule has 0 spiro atoms. The smallest absolute Gasteiger partial charge is 0.336 e. The standard InChI is InChI=1S/C18H16F3N3O5S/c19-18(20,21)14-4-2-6-16(12-14)30(28,29)23-9-7-22(8-10-23)17(25)13-3-1-5-15(11-13)24(26)27/h1-6,11-12H,7-10H2. The van der Waals surface area contributed by atoms with Crippen molar-refractivity contribution in [1.82, 2.24) is 9.21 Å². The topological polar surface area (TPSA) is 101 Å². The second-order valence-electron chi connectivity index (χ2n) is 6.53. The molecule has 2 aromatic carbocycles. The van der Waals surface area contributed by atoms with Crippen LogP contribution in [0.2, 0.25) is 0 Å². The number of hydrogen-bond acceptors (Lipinski definition) is 5. The average Bonchev–Trinajstić information content (AvgIpc) is 2.73. The summed E-state index contributed by atoms with van der Waals surface area (Å²) in [5, 5.41) is 10.9. The second kappa shape index (κ2) is 8.03. The molecule has 30 heavy (non-hydrogen) atoms. The second-order valence-corrected chi connectivity index (χ2v) is 8.47. The van der Waals surface area contributed by atoms with Gasteiger partial charge < -0.3 is 4.90 Å². The maximum absolute atomic E-state index is 12.9. The summed E-state index contributed by atoms with van der Waals surface area (Å²) in [6.45, 7) is -0.224. The van der Waals surface area contributed by atoms with Gasteiger partial charge in [0.2, 0.25) is 10.0 Å². The number of rotatable bonds is 4. The summed E-state index contributed by atoms with van der Waals surface area (Å²) < 4.78 is 65.1. The van der Waals surface area contributed by atoms with E-state index in [0.717, 1.165) is 28.6 Å². The van der Waals surface area contributed by atoms with Crippen molar-refractivity contribution in [2.45, 2.75) is 11.1 Å². The molecule has 2 aromatic rings. The predicted octanol–water partition coefficient (Wildman–Crippen LogP) is 2.76. The molecule has 8 nitrogen and oxygen atoms in total. The number of non-ortho nitro benzene ring substituents is 1. The predicted molar refractivity (Wildman–Crippen MR) is 99.2 cm³/mol. The Balaban J connectivity index is 1.73. The van der Waals surface area contributed by atoms with E-state index in [-0.39, 0.29) is 37.4 Å². The molecule has 1 fully saturated rings. The van der Waals surface area contributed by atoms with Crippen molar-refractivity contribution < 1.29 is 31.3 Å². The zero-order chi connectivity index (χ0) is 22.1. The van der Waals surface area contributed by atoms with Crippen LogP contribution in [-0.4, -0.2) is 54.6 Å². The van der Waals surface area contributed by atoms with E-state index < -0.39 is 37.5 Å². The molecular formula is C18H16F3N3O5S. The number of piperazine rings is 1. The molecule has 0 bridgehead atoms. The lowest BCUT2D eigenvalue weighted by Gasteiger charge is -2.34. The molecule has 1 heterocycles. The minimum absolute atomic E-state index is 0.000281. The van der Waals surface area contributed by atoms with Gasteiger partial charge in [-0.05, 0) is 24.3 Å². The molecule has 12 heteroatoms. The van der Waals surface area contributed by atoms with Gasteiger partial charge >= 0.3 is 6.18 Å². The van der Waals surface area contributed by atoms with Crippen LogP contribution in [0.25, 0.3) is 0 Å². The van der Waals surface area contributed by atoms with E-state index in [0.29, 0.717) is 6.07 Å². The van der Waals surface area contributed by atoms with E-state index in [9.17, 15) is 36.5 Å². The number of benzene rings is 2. The van der Waals surface area contributed by atoms with Crippen LogP contribution < -0.4 is 0 Å². The van der Waals surface area contributed by atoms with Crippen LogP contribution >= 0.6 is 0 Å². The van der Waals surface area contributed by atoms with Crippen molar-refractivity contribution in [3.63, 3.8) is 0 Å². The molecule has 0 atom stereocenters. The average molecular weight is 443 g/mol. The van der Waals surface area contributed by atoms with Gasteiger partial charge in [-0.3, -0.25) is 14.9 Å². The molecule has 1 amide bonds. The number of nitro groups is 1. The third-order valence-electron chi connectivity index (χ3n) is 4.63. The third kappa shape index (κ3) is 4.44. The van der Waals surface area contributed by atoms with Crippen LogP contribution in [0, 0.1) is 10.1 Å². The van der Waals surface area contributed by atoms with Crippen molar-refractivity contribution in [2.24, 2.45) is 0 Å². The third-order valence-corrected chi connectivity index (χ3v) is 6.52. The Hall–Kier alpha value is -2.99. The zero-order valence-corrected chi connectivity index (χ0v) is 16.2. The van der Waals surface area contributed by atoms with Crippen LogP contribution in [0.1, 0.15) is 15.9 Å². The zero-order valence-electron chi connectivity index (χ0n) is 15.4. The summed E-state index contributed by atoms with van der Waals surface area (Å²) in [6, 6.07) is 8.65. The number of halogens is 3. The number of amides is 1. The maximum atomic E-state index is 12.9. The van der Waals surface area contributed by atoms with Gasteiger partial charge in [0.25, 0.3) is 11.6 Å². The monoisotopic (exact) mass is 443 g/mol. The fourth-order valence-corrected chi connectivity index (χ4v) is 4.52. The Labute approximate surface area is 169 Å². The van der Waals surface area contributed by atoms with Crippen LogP contribution in [0.5, 0.6) is 0 Å². The SMILES string of the molecule is O=C(c1cccc([N+](=O)[O-])c1)N1CCN(S(=O)(=O)c2cccc(C(F)(F)F)c2)CC1. The number of nitrogens with zero attached hydrogens (tertiary/aromatic N) is 3. The molecule has 0 aromatic heterocycles. The molecule has 0 unspecified atom stereocenters. The van der Waals surface area contributed by atoms with E-state index >= 15 is 0 Å². The lowest BCUT2D eigenvalue weighted by molar-refractivity contribution is -0.384. The van der Waals surface area contributed by atoms with Gasteiger partial charge in [0.15, 0.2) is 0 Å². The highest BCUT2D eigenvalue weighted by atomic mass is 32.2. The highest BCUT2D eigenvalue weighted by Gasteiger charge is 2.34. The molecule has 160 valence electrons. The lowest BCUT2D eigenvalue weighted by Crippen LogP contribution is -2.50. The molecule has 0 N–H and O–H groups in total. The van der Waals surface area contributed by atoms with E-state index in [2.05, 4.69) is 0 Å². The van der Waals surface area contributed by atoms with Crippen molar-refractivity contribution in [2.75, 3.05) is 26.2 Å². The van der Waals surface area contributed by atoms with E-state index in [1.807, 2.05) is 0 Å². The van der Waals surface area contributed by atoms with Gasteiger partial charge in [-0.15, -0.1) is 0 Å². The Kier molecular flexibility index (Phi) is 5.81. The molecule has 0 aliphatic carbocycles. The van der Waals surface area contributed by atoms with Gasteiger partial charge in [-0.1, -0.05) is 12.1 Å². The van der Waals surface area contributed by atoms with Crippen LogP contribution in [0.3, 0.4) is 0 Å². The molecule has 1 aliphatic rings. The van der Waals surface area contributed by atoms with Gasteiger partial charge in [0.1, 0.15) is 0 Å². The van der Waals surface area contributed by atoms with Gasteiger partial charge in [0, 0.05) is 43.9 Å². The normalized spacial score (nSPS) is 15.8. The Morgan fingerprint density at radius 2 is 1.63 bits per heavy atom. The minimum Gasteiger partial charge on any atom is -0.336 e. The Morgan fingerprint density at radius 3 is 2.23 bits per heavy atom. The number of carbonyl (C=O) groups is 1. The van der Waals surface area contributed by atoms with Crippen LogP contribution in [0.15, 0.2) is 53.4 Å². The Morgan fingerprint density at radius 1 is 1.00 bits per heavy atom. The van der Waals surface area contributed by atoms with Gasteiger partial charge in [-0.2, -0.15) is 17.5 Å². The first-order chi connectivity index (χ1) is 14.0. The molecule has 1 aliphatic heterocycles. The first-order valence-electron chi connectivity index (χ1n) is 8.71. The number of alkyl halides is 3. The lowest BCUT2D eigenvalue weighted by atomic mass is 10.1. The summed E-state index contributed by atoms with van der Waals surface area (Å²) in [6.07, 6.45) is -4.67. The number of carbonyl (C=O) groups excluding carboxylic acids is 1. The highest BCUT2D eigenvalue weighted by molar-refractivity contribution is 7.89. The van der Waals surface area contributed by atoms with Crippen molar-refractivity contribution in [3.8, 4) is 0 Å². The molecular weight excluding hydrogens is 427 g/mol. The molecule has 1 saturated heterocycles. The summed E-state index contributed by atoms with van der Waals surface area (Å²) in [5.41, 5.74) is -1.21. The van der Waals surface area contributed by atoms with Crippen molar-refractivity contribution in [3.05, 3.63) is 69.8 Å². The maximum Gasteiger partial charge on any atom is 0.416 e. The number of sulfonamides is 1.